The zero-order valence-electron chi connectivity index (χ0n) is 17.0. The summed E-state index contributed by atoms with van der Waals surface area (Å²) in [4.78, 5) is 38.8. The lowest BCUT2D eigenvalue weighted by Crippen LogP contribution is -2.42. The SMILES string of the molecule is Nc1ccn([C@@H]2O[C@H](COP(=O)([O-])OP(=O)([O-])OC[C@@H](O)[C@@H](O)[C@@H](O)CO)[C@@H](O)[C@H]2O)c(=O)n1. The van der Waals surface area contributed by atoms with Gasteiger partial charge in [0.2, 0.25) is 0 Å². The van der Waals surface area contributed by atoms with E-state index in [9.17, 15) is 44.1 Å². The second-order valence-corrected chi connectivity index (χ2v) is 9.92. The molecule has 196 valence electrons. The largest absolute Gasteiger partial charge is 0.756 e. The normalized spacial score (nSPS) is 29.2. The van der Waals surface area contributed by atoms with Gasteiger partial charge in [-0.2, -0.15) is 4.98 Å². The number of anilines is 1. The summed E-state index contributed by atoms with van der Waals surface area (Å²) in [6.45, 7) is -3.28. The van der Waals surface area contributed by atoms with Crippen molar-refractivity contribution in [2.75, 3.05) is 25.6 Å². The van der Waals surface area contributed by atoms with Crippen molar-refractivity contribution >= 4 is 21.5 Å². The van der Waals surface area contributed by atoms with Gasteiger partial charge in [-0.15, -0.1) is 0 Å². The number of ether oxygens (including phenoxy) is 1. The standard InChI is InChI=1S/C14H25N3O15P2/c15-9-1-2-17(14(24)16-9)13-12(23)11(22)8(31-13)5-30-34(27,28)32-33(25,26)29-4-7(20)10(21)6(19)3-18/h1-2,6-8,10-13,18-23H,3-5H2,(H,25,26)(H,27,28)(H2,15,16,24)/p-2/t6-,7+,8+,10-,11+,12+,13+/m0/s1. The molecule has 1 saturated heterocycles. The molecule has 2 unspecified atom stereocenters. The number of phosphoric ester groups is 2. The lowest BCUT2D eigenvalue weighted by atomic mass is 10.1. The van der Waals surface area contributed by atoms with Gasteiger partial charge < -0.3 is 59.9 Å². The van der Waals surface area contributed by atoms with Crippen molar-refractivity contribution in [2.45, 2.75) is 42.9 Å². The van der Waals surface area contributed by atoms with Gasteiger partial charge in [-0.25, -0.2) is 9.11 Å². The summed E-state index contributed by atoms with van der Waals surface area (Å²) < 4.78 is 41.7. The quantitative estimate of drug-likeness (QED) is 0.123. The minimum Gasteiger partial charge on any atom is -0.756 e. The summed E-state index contributed by atoms with van der Waals surface area (Å²) in [5.74, 6) is -0.130. The van der Waals surface area contributed by atoms with Gasteiger partial charge in [-0.1, -0.05) is 0 Å². The number of nitrogens with two attached hydrogens (primary N) is 1. The fourth-order valence-electron chi connectivity index (χ4n) is 2.68. The van der Waals surface area contributed by atoms with Crippen LogP contribution in [0.2, 0.25) is 0 Å². The molecule has 9 atom stereocenters. The first kappa shape index (κ1) is 28.9. The van der Waals surface area contributed by atoms with Gasteiger partial charge >= 0.3 is 5.69 Å². The van der Waals surface area contributed by atoms with Crippen molar-refractivity contribution in [3.05, 3.63) is 22.7 Å². The van der Waals surface area contributed by atoms with Crippen LogP contribution in [0.1, 0.15) is 6.23 Å². The van der Waals surface area contributed by atoms with E-state index in [2.05, 4.69) is 18.3 Å². The van der Waals surface area contributed by atoms with Crippen molar-refractivity contribution in [1.82, 2.24) is 9.55 Å². The first-order valence-electron chi connectivity index (χ1n) is 9.31. The molecule has 2 heterocycles. The first-order valence-corrected chi connectivity index (χ1v) is 12.2. The van der Waals surface area contributed by atoms with E-state index >= 15 is 0 Å². The van der Waals surface area contributed by atoms with E-state index in [-0.39, 0.29) is 5.82 Å². The Morgan fingerprint density at radius 1 is 1.15 bits per heavy atom. The Labute approximate surface area is 190 Å². The fraction of sp³-hybridized carbons (Fsp3) is 0.714. The highest BCUT2D eigenvalue weighted by atomic mass is 31.3. The molecular weight excluding hydrogens is 512 g/mol. The zero-order valence-corrected chi connectivity index (χ0v) is 18.8. The molecule has 0 bridgehead atoms. The molecule has 0 spiro atoms. The maximum Gasteiger partial charge on any atom is 0.351 e. The number of aliphatic hydroxyl groups excluding tert-OH is 6. The zero-order chi connectivity index (χ0) is 25.8. The summed E-state index contributed by atoms with van der Waals surface area (Å²) >= 11 is 0. The highest BCUT2D eigenvalue weighted by molar-refractivity contribution is 7.59. The minimum absolute atomic E-state index is 0.130. The van der Waals surface area contributed by atoms with Crippen LogP contribution in [0.3, 0.4) is 0 Å². The lowest BCUT2D eigenvalue weighted by molar-refractivity contribution is -0.247. The molecule has 1 aromatic heterocycles. The third kappa shape index (κ3) is 7.58. The summed E-state index contributed by atoms with van der Waals surface area (Å²) in [5.41, 5.74) is 4.41. The molecule has 2 rings (SSSR count). The van der Waals surface area contributed by atoms with E-state index in [1.54, 1.807) is 0 Å². The van der Waals surface area contributed by atoms with E-state index in [0.717, 1.165) is 10.8 Å². The summed E-state index contributed by atoms with van der Waals surface area (Å²) in [6.07, 6.45) is -11.4. The van der Waals surface area contributed by atoms with Crippen molar-refractivity contribution in [3.63, 3.8) is 0 Å². The number of hydrogen-bond donors (Lipinski definition) is 7. The average Bonchev–Trinajstić information content (AvgIpc) is 3.03. The van der Waals surface area contributed by atoms with Gasteiger partial charge in [-0.3, -0.25) is 13.7 Å². The van der Waals surface area contributed by atoms with Crippen LogP contribution in [0.25, 0.3) is 0 Å². The first-order chi connectivity index (χ1) is 15.7. The molecular formula is C14H23N3O15P2-2. The summed E-state index contributed by atoms with van der Waals surface area (Å²) in [7, 11) is -11.4. The predicted octanol–water partition coefficient (Wildman–Crippen LogP) is -5.49. The van der Waals surface area contributed by atoms with Crippen LogP contribution in [0.5, 0.6) is 0 Å². The molecule has 0 radical (unpaired) electrons. The second-order valence-electron chi connectivity index (χ2n) is 6.96. The summed E-state index contributed by atoms with van der Waals surface area (Å²) in [6, 6.07) is 1.19. The number of rotatable bonds is 12. The van der Waals surface area contributed by atoms with Crippen LogP contribution >= 0.6 is 15.6 Å². The van der Waals surface area contributed by atoms with E-state index in [1.807, 2.05) is 0 Å². The van der Waals surface area contributed by atoms with E-state index in [4.69, 9.17) is 20.7 Å². The van der Waals surface area contributed by atoms with Crippen LogP contribution in [-0.2, 0) is 27.2 Å². The molecule has 1 aliphatic rings. The molecule has 0 saturated carbocycles. The Balaban J connectivity index is 1.94. The third-order valence-corrected chi connectivity index (χ3v) is 6.97. The number of phosphoric acid groups is 2. The molecule has 34 heavy (non-hydrogen) atoms. The minimum atomic E-state index is -5.69. The number of hydrogen-bond acceptors (Lipinski definition) is 17. The van der Waals surface area contributed by atoms with Gasteiger partial charge in [-0.05, 0) is 6.07 Å². The van der Waals surface area contributed by atoms with Gasteiger partial charge in [0.05, 0.1) is 19.8 Å². The van der Waals surface area contributed by atoms with Crippen LogP contribution in [0.4, 0.5) is 5.82 Å². The number of aromatic nitrogens is 2. The Kier molecular flexibility index (Phi) is 9.85. The van der Waals surface area contributed by atoms with Crippen LogP contribution in [-0.4, -0.2) is 96.6 Å². The van der Waals surface area contributed by atoms with Crippen molar-refractivity contribution in [1.29, 1.82) is 0 Å². The van der Waals surface area contributed by atoms with E-state index < -0.39 is 84.0 Å². The average molecular weight is 535 g/mol. The molecule has 8 N–H and O–H groups in total. The number of nitrogens with zero attached hydrogens (tertiary/aromatic N) is 2. The molecule has 1 aromatic rings. The Bertz CT molecular complexity index is 978. The van der Waals surface area contributed by atoms with E-state index in [0.29, 0.717) is 0 Å². The molecule has 0 aromatic carbocycles. The number of aliphatic hydroxyl groups is 6. The van der Waals surface area contributed by atoms with Crippen LogP contribution in [0.15, 0.2) is 17.1 Å². The van der Waals surface area contributed by atoms with Crippen LogP contribution in [0, 0.1) is 0 Å². The molecule has 20 heteroatoms. The highest BCUT2D eigenvalue weighted by Gasteiger charge is 2.44. The fourth-order valence-corrected chi connectivity index (χ4v) is 4.70. The van der Waals surface area contributed by atoms with Crippen molar-refractivity contribution < 1.29 is 67.7 Å². The maximum atomic E-state index is 11.9. The van der Waals surface area contributed by atoms with Crippen LogP contribution < -0.4 is 21.2 Å². The molecule has 0 aliphatic carbocycles. The monoisotopic (exact) mass is 535 g/mol. The topological polar surface area (TPSA) is 299 Å². The van der Waals surface area contributed by atoms with Gasteiger partial charge in [0.1, 0.15) is 42.4 Å². The summed E-state index contributed by atoms with van der Waals surface area (Å²) in [5, 5.41) is 56.8. The molecule has 18 nitrogen and oxygen atoms in total. The van der Waals surface area contributed by atoms with Crippen molar-refractivity contribution in [2.24, 2.45) is 0 Å². The molecule has 1 fully saturated rings. The van der Waals surface area contributed by atoms with E-state index in [1.165, 1.54) is 6.07 Å². The highest BCUT2D eigenvalue weighted by Crippen LogP contribution is 2.55. The molecule has 1 aliphatic heterocycles. The lowest BCUT2D eigenvalue weighted by Gasteiger charge is -2.32. The third-order valence-electron chi connectivity index (χ3n) is 4.44. The second kappa shape index (κ2) is 11.6. The number of nitrogen functional groups attached to an aromatic ring is 1. The smallest absolute Gasteiger partial charge is 0.351 e. The Morgan fingerprint density at radius 3 is 2.35 bits per heavy atom. The van der Waals surface area contributed by atoms with Gasteiger partial charge in [0, 0.05) is 6.20 Å². The van der Waals surface area contributed by atoms with Crippen molar-refractivity contribution in [3.8, 4) is 0 Å². The maximum absolute atomic E-state index is 11.9. The Hall–Kier alpha value is -1.34. The predicted molar refractivity (Wildman–Crippen MR) is 102 cm³/mol. The Morgan fingerprint density at radius 2 is 1.76 bits per heavy atom. The van der Waals surface area contributed by atoms with Gasteiger partial charge in [0.15, 0.2) is 6.23 Å². The molecule has 0 amide bonds. The van der Waals surface area contributed by atoms with Gasteiger partial charge in [0.25, 0.3) is 15.6 Å².